The molecule has 3 aromatic rings. The summed E-state index contributed by atoms with van der Waals surface area (Å²) in [4.78, 5) is 4.29. The zero-order valence-electron chi connectivity index (χ0n) is 10.6. The second kappa shape index (κ2) is 5.49. The van der Waals surface area contributed by atoms with Crippen LogP contribution in [0.25, 0.3) is 10.9 Å². The highest BCUT2D eigenvalue weighted by molar-refractivity contribution is 6.31. The third-order valence-corrected chi connectivity index (χ3v) is 3.38. The van der Waals surface area contributed by atoms with Crippen LogP contribution in [0, 0.1) is 0 Å². The van der Waals surface area contributed by atoms with Crippen LogP contribution < -0.4 is 4.74 Å². The Morgan fingerprint density at radius 3 is 2.80 bits per heavy atom. The molecule has 0 aliphatic heterocycles. The van der Waals surface area contributed by atoms with Crippen LogP contribution in [-0.4, -0.2) is 10.1 Å². The molecule has 3 nitrogen and oxygen atoms in total. The molecule has 0 fully saturated rings. The van der Waals surface area contributed by atoms with Crippen molar-refractivity contribution in [3.05, 3.63) is 65.3 Å². The van der Waals surface area contributed by atoms with Gasteiger partial charge in [-0.25, -0.2) is 0 Å². The van der Waals surface area contributed by atoms with Crippen molar-refractivity contribution in [2.45, 2.75) is 6.61 Å². The zero-order valence-corrected chi connectivity index (χ0v) is 11.3. The van der Waals surface area contributed by atoms with Crippen molar-refractivity contribution in [1.29, 1.82) is 0 Å². The predicted molar refractivity (Wildman–Crippen MR) is 79.2 cm³/mol. The molecule has 20 heavy (non-hydrogen) atoms. The monoisotopic (exact) mass is 285 g/mol. The van der Waals surface area contributed by atoms with Gasteiger partial charge < -0.3 is 9.84 Å². The lowest BCUT2D eigenvalue weighted by Gasteiger charge is -2.10. The second-order valence-corrected chi connectivity index (χ2v) is 4.75. The summed E-state index contributed by atoms with van der Waals surface area (Å²) in [5.41, 5.74) is 1.56. The van der Waals surface area contributed by atoms with E-state index < -0.39 is 0 Å². The van der Waals surface area contributed by atoms with Crippen molar-refractivity contribution in [1.82, 2.24) is 4.98 Å². The maximum Gasteiger partial charge on any atom is 0.136 e. The summed E-state index contributed by atoms with van der Waals surface area (Å²) in [7, 11) is 0. The van der Waals surface area contributed by atoms with Crippen LogP contribution in [0.3, 0.4) is 0 Å². The maximum absolute atomic E-state index is 9.11. The summed E-state index contributed by atoms with van der Waals surface area (Å²) < 4.78 is 5.87. The van der Waals surface area contributed by atoms with Crippen molar-refractivity contribution in [2.24, 2.45) is 0 Å². The van der Waals surface area contributed by atoms with Crippen molar-refractivity contribution < 1.29 is 9.84 Å². The highest BCUT2D eigenvalue weighted by atomic mass is 35.5. The number of nitrogens with zero attached hydrogens (tertiary/aromatic N) is 1. The molecule has 0 aliphatic carbocycles. The van der Waals surface area contributed by atoms with Crippen molar-refractivity contribution in [3.8, 4) is 11.5 Å². The lowest BCUT2D eigenvalue weighted by Crippen LogP contribution is -1.89. The molecule has 0 radical (unpaired) electrons. The van der Waals surface area contributed by atoms with Crippen LogP contribution in [0.1, 0.15) is 5.56 Å². The van der Waals surface area contributed by atoms with E-state index in [0.717, 1.165) is 16.7 Å². The first kappa shape index (κ1) is 12.9. The van der Waals surface area contributed by atoms with Gasteiger partial charge in [-0.2, -0.15) is 0 Å². The number of fused-ring (bicyclic) bond motifs is 1. The van der Waals surface area contributed by atoms with E-state index >= 15 is 0 Å². The van der Waals surface area contributed by atoms with E-state index in [1.54, 1.807) is 24.4 Å². The number of benzene rings is 2. The number of aliphatic hydroxyl groups excluding tert-OH is 1. The molecule has 0 atom stereocenters. The number of hydrogen-bond donors (Lipinski definition) is 1. The third kappa shape index (κ3) is 2.46. The standard InChI is InChI=1S/C16H12ClNO2/c17-14-9-12(7-6-11(14)10-19)20-16-5-1-4-15-13(16)3-2-8-18-15/h1-9,19H,10H2. The minimum Gasteiger partial charge on any atom is -0.457 e. The van der Waals surface area contributed by atoms with Gasteiger partial charge in [0.15, 0.2) is 0 Å². The number of aliphatic hydroxyl groups is 1. The van der Waals surface area contributed by atoms with Gasteiger partial charge in [-0.05, 0) is 42.0 Å². The van der Waals surface area contributed by atoms with Gasteiger partial charge in [-0.3, -0.25) is 4.98 Å². The summed E-state index contributed by atoms with van der Waals surface area (Å²) in [6, 6.07) is 14.8. The predicted octanol–water partition coefficient (Wildman–Crippen LogP) is 4.17. The van der Waals surface area contributed by atoms with Crippen LogP contribution in [0.2, 0.25) is 5.02 Å². The molecule has 1 N–H and O–H groups in total. The highest BCUT2D eigenvalue weighted by Crippen LogP contribution is 2.31. The van der Waals surface area contributed by atoms with E-state index in [4.69, 9.17) is 21.4 Å². The topological polar surface area (TPSA) is 42.4 Å². The molecule has 2 aromatic carbocycles. The van der Waals surface area contributed by atoms with E-state index in [0.29, 0.717) is 16.3 Å². The Labute approximate surface area is 121 Å². The fourth-order valence-corrected chi connectivity index (χ4v) is 2.24. The summed E-state index contributed by atoms with van der Waals surface area (Å²) in [6.07, 6.45) is 1.75. The molecule has 0 saturated heterocycles. The summed E-state index contributed by atoms with van der Waals surface area (Å²) in [5, 5.41) is 10.5. The van der Waals surface area contributed by atoms with Gasteiger partial charge in [0.25, 0.3) is 0 Å². The number of aromatic nitrogens is 1. The molecular formula is C16H12ClNO2. The first-order valence-electron chi connectivity index (χ1n) is 6.19. The lowest BCUT2D eigenvalue weighted by molar-refractivity contribution is 0.282. The maximum atomic E-state index is 9.11. The van der Waals surface area contributed by atoms with Gasteiger partial charge in [0.1, 0.15) is 11.5 Å². The smallest absolute Gasteiger partial charge is 0.136 e. The summed E-state index contributed by atoms with van der Waals surface area (Å²) in [6.45, 7) is -0.0860. The number of ether oxygens (including phenoxy) is 1. The minimum atomic E-state index is -0.0860. The van der Waals surface area contributed by atoms with E-state index in [1.165, 1.54) is 0 Å². The Morgan fingerprint density at radius 2 is 2.00 bits per heavy atom. The van der Waals surface area contributed by atoms with Gasteiger partial charge in [-0.15, -0.1) is 0 Å². The van der Waals surface area contributed by atoms with E-state index in [-0.39, 0.29) is 6.61 Å². The first-order chi connectivity index (χ1) is 9.78. The molecule has 0 aliphatic rings. The van der Waals surface area contributed by atoms with Gasteiger partial charge in [0.05, 0.1) is 12.1 Å². The molecule has 0 amide bonds. The van der Waals surface area contributed by atoms with E-state index in [9.17, 15) is 0 Å². The molecule has 1 heterocycles. The third-order valence-electron chi connectivity index (χ3n) is 3.03. The Kier molecular flexibility index (Phi) is 3.54. The van der Waals surface area contributed by atoms with E-state index in [1.807, 2.05) is 30.3 Å². The lowest BCUT2D eigenvalue weighted by atomic mass is 10.2. The van der Waals surface area contributed by atoms with Crippen molar-refractivity contribution in [2.75, 3.05) is 0 Å². The molecular weight excluding hydrogens is 274 g/mol. The van der Waals surface area contributed by atoms with Crippen LogP contribution in [0.4, 0.5) is 0 Å². The van der Waals surface area contributed by atoms with Gasteiger partial charge in [0, 0.05) is 16.6 Å². The summed E-state index contributed by atoms with van der Waals surface area (Å²) >= 11 is 6.06. The van der Waals surface area contributed by atoms with Crippen molar-refractivity contribution >= 4 is 22.5 Å². The van der Waals surface area contributed by atoms with Crippen LogP contribution >= 0.6 is 11.6 Å². The number of pyridine rings is 1. The quantitative estimate of drug-likeness (QED) is 0.785. The minimum absolute atomic E-state index is 0.0860. The van der Waals surface area contributed by atoms with Crippen LogP contribution in [0.5, 0.6) is 11.5 Å². The first-order valence-corrected chi connectivity index (χ1v) is 6.56. The fourth-order valence-electron chi connectivity index (χ4n) is 2.01. The fraction of sp³-hybridized carbons (Fsp3) is 0.0625. The molecule has 0 saturated carbocycles. The zero-order chi connectivity index (χ0) is 13.9. The number of halogens is 1. The molecule has 0 bridgehead atoms. The van der Waals surface area contributed by atoms with Gasteiger partial charge >= 0.3 is 0 Å². The van der Waals surface area contributed by atoms with Crippen molar-refractivity contribution in [3.63, 3.8) is 0 Å². The molecule has 0 spiro atoms. The molecule has 100 valence electrons. The molecule has 0 unspecified atom stereocenters. The SMILES string of the molecule is OCc1ccc(Oc2cccc3ncccc23)cc1Cl. The Morgan fingerprint density at radius 1 is 1.10 bits per heavy atom. The average molecular weight is 286 g/mol. The molecule has 3 rings (SSSR count). The van der Waals surface area contributed by atoms with E-state index in [2.05, 4.69) is 4.98 Å². The Bertz CT molecular complexity index is 753. The average Bonchev–Trinajstić information content (AvgIpc) is 2.48. The number of rotatable bonds is 3. The summed E-state index contributed by atoms with van der Waals surface area (Å²) in [5.74, 6) is 1.35. The normalized spacial score (nSPS) is 10.7. The van der Waals surface area contributed by atoms with Gasteiger partial charge in [-0.1, -0.05) is 23.7 Å². The molecule has 1 aromatic heterocycles. The Hall–Kier alpha value is -2.10. The number of hydrogen-bond acceptors (Lipinski definition) is 3. The molecule has 4 heteroatoms. The second-order valence-electron chi connectivity index (χ2n) is 4.34. The largest absolute Gasteiger partial charge is 0.457 e. The van der Waals surface area contributed by atoms with Crippen LogP contribution in [0.15, 0.2) is 54.7 Å². The van der Waals surface area contributed by atoms with Gasteiger partial charge in [0.2, 0.25) is 0 Å². The Balaban J connectivity index is 1.99. The highest BCUT2D eigenvalue weighted by Gasteiger charge is 2.06. The van der Waals surface area contributed by atoms with Crippen LogP contribution in [-0.2, 0) is 6.61 Å².